The third kappa shape index (κ3) is 3.99. The first-order valence-electron chi connectivity index (χ1n) is 9.34. The second kappa shape index (κ2) is 8.05. The molecule has 1 fully saturated rings. The van der Waals surface area contributed by atoms with Crippen molar-refractivity contribution in [3.8, 4) is 0 Å². The lowest BCUT2D eigenvalue weighted by atomic mass is 9.78. The van der Waals surface area contributed by atoms with Crippen molar-refractivity contribution in [1.82, 2.24) is 0 Å². The zero-order valence-corrected chi connectivity index (χ0v) is 16.0. The Kier molecular flexibility index (Phi) is 5.77. The highest BCUT2D eigenvalue weighted by Crippen LogP contribution is 2.44. The summed E-state index contributed by atoms with van der Waals surface area (Å²) >= 11 is 0. The third-order valence-electron chi connectivity index (χ3n) is 5.51. The number of hydrogen-bond donors (Lipinski definition) is 0. The molecule has 2 atom stereocenters. The summed E-state index contributed by atoms with van der Waals surface area (Å²) < 4.78 is 11.5. The number of hydrogen-bond acceptors (Lipinski definition) is 3. The van der Waals surface area contributed by atoms with Gasteiger partial charge in [0, 0.05) is 0 Å². The summed E-state index contributed by atoms with van der Waals surface area (Å²) in [5, 5.41) is 0. The van der Waals surface area contributed by atoms with Crippen molar-refractivity contribution in [2.75, 3.05) is 7.11 Å². The maximum absolute atomic E-state index is 12.8. The van der Waals surface area contributed by atoms with Gasteiger partial charge in [0.25, 0.3) is 0 Å². The van der Waals surface area contributed by atoms with Crippen LogP contribution in [0.3, 0.4) is 0 Å². The highest BCUT2D eigenvalue weighted by molar-refractivity contribution is 5.78. The van der Waals surface area contributed by atoms with Crippen molar-refractivity contribution in [2.45, 2.75) is 52.2 Å². The minimum Gasteiger partial charge on any atom is -0.469 e. The Balaban J connectivity index is 1.78. The number of carbonyl (C=O) groups excluding carboxylic acids is 1. The lowest BCUT2D eigenvalue weighted by Crippen LogP contribution is -2.42. The van der Waals surface area contributed by atoms with E-state index < -0.39 is 5.41 Å². The van der Waals surface area contributed by atoms with Gasteiger partial charge in [0.2, 0.25) is 0 Å². The first-order chi connectivity index (χ1) is 12.5. The molecule has 0 saturated heterocycles. The van der Waals surface area contributed by atoms with Gasteiger partial charge in [-0.2, -0.15) is 0 Å². The molecule has 1 aliphatic rings. The van der Waals surface area contributed by atoms with Gasteiger partial charge < -0.3 is 9.47 Å². The minimum atomic E-state index is -0.589. The van der Waals surface area contributed by atoms with Crippen LogP contribution in [0.4, 0.5) is 0 Å². The van der Waals surface area contributed by atoms with Crippen molar-refractivity contribution in [3.05, 3.63) is 70.8 Å². The standard InChI is InChI=1S/C23H28O3/c1-17-6-10-19(11-7-17)15-23(22(24)25-3)14-4-5-21(23)26-16-20-12-8-18(2)9-13-20/h6-13,21H,4-5,14-16H2,1-3H3. The second-order valence-corrected chi connectivity index (χ2v) is 7.49. The van der Waals surface area contributed by atoms with Crippen LogP contribution in [-0.4, -0.2) is 19.2 Å². The van der Waals surface area contributed by atoms with Crippen LogP contribution >= 0.6 is 0 Å². The number of esters is 1. The number of aryl methyl sites for hydroxylation is 2. The van der Waals surface area contributed by atoms with Crippen LogP contribution in [0.5, 0.6) is 0 Å². The average molecular weight is 352 g/mol. The molecule has 0 radical (unpaired) electrons. The molecule has 0 N–H and O–H groups in total. The quantitative estimate of drug-likeness (QED) is 0.702. The Bertz CT molecular complexity index is 733. The highest BCUT2D eigenvalue weighted by Gasteiger charge is 2.50. The molecule has 26 heavy (non-hydrogen) atoms. The number of benzene rings is 2. The summed E-state index contributed by atoms with van der Waals surface area (Å²) in [6.07, 6.45) is 3.24. The summed E-state index contributed by atoms with van der Waals surface area (Å²) in [6.45, 7) is 4.67. The van der Waals surface area contributed by atoms with Gasteiger partial charge >= 0.3 is 5.97 Å². The third-order valence-corrected chi connectivity index (χ3v) is 5.51. The van der Waals surface area contributed by atoms with Gasteiger partial charge in [0.1, 0.15) is 0 Å². The Labute approximate surface area is 156 Å². The summed E-state index contributed by atoms with van der Waals surface area (Å²) in [6, 6.07) is 16.8. The molecular weight excluding hydrogens is 324 g/mol. The zero-order chi connectivity index (χ0) is 18.6. The summed E-state index contributed by atoms with van der Waals surface area (Å²) in [5.41, 5.74) is 4.16. The Morgan fingerprint density at radius 2 is 1.58 bits per heavy atom. The molecule has 0 bridgehead atoms. The van der Waals surface area contributed by atoms with Gasteiger partial charge in [0.15, 0.2) is 0 Å². The van der Waals surface area contributed by atoms with Gasteiger partial charge in [-0.1, -0.05) is 59.7 Å². The number of methoxy groups -OCH3 is 1. The number of ether oxygens (including phenoxy) is 2. The number of carbonyl (C=O) groups is 1. The molecule has 3 heteroatoms. The molecule has 0 aromatic heterocycles. The lowest BCUT2D eigenvalue weighted by molar-refractivity contribution is -0.162. The van der Waals surface area contributed by atoms with Crippen LogP contribution in [0.2, 0.25) is 0 Å². The molecule has 3 rings (SSSR count). The molecule has 0 spiro atoms. The summed E-state index contributed by atoms with van der Waals surface area (Å²) in [5.74, 6) is -0.149. The lowest BCUT2D eigenvalue weighted by Gasteiger charge is -2.33. The largest absolute Gasteiger partial charge is 0.469 e. The topological polar surface area (TPSA) is 35.5 Å². The molecule has 2 unspecified atom stereocenters. The monoisotopic (exact) mass is 352 g/mol. The average Bonchev–Trinajstić information content (AvgIpc) is 3.06. The van der Waals surface area contributed by atoms with E-state index in [9.17, 15) is 4.79 Å². The van der Waals surface area contributed by atoms with E-state index in [0.717, 1.165) is 30.4 Å². The van der Waals surface area contributed by atoms with Crippen LogP contribution in [0.1, 0.15) is 41.5 Å². The number of rotatable bonds is 6. The molecule has 0 aliphatic heterocycles. The maximum atomic E-state index is 12.8. The molecule has 3 nitrogen and oxygen atoms in total. The molecule has 0 heterocycles. The van der Waals surface area contributed by atoms with E-state index in [1.54, 1.807) is 0 Å². The SMILES string of the molecule is COC(=O)C1(Cc2ccc(C)cc2)CCCC1OCc1ccc(C)cc1. The molecule has 1 aliphatic carbocycles. The smallest absolute Gasteiger partial charge is 0.314 e. The Morgan fingerprint density at radius 3 is 2.15 bits per heavy atom. The fraction of sp³-hybridized carbons (Fsp3) is 0.435. The van der Waals surface area contributed by atoms with Gasteiger partial charge in [-0.05, 0) is 50.7 Å². The molecule has 2 aromatic rings. The summed E-state index contributed by atoms with van der Waals surface area (Å²) in [4.78, 5) is 12.8. The van der Waals surface area contributed by atoms with Crippen LogP contribution in [0.15, 0.2) is 48.5 Å². The summed E-state index contributed by atoms with van der Waals surface area (Å²) in [7, 11) is 1.48. The van der Waals surface area contributed by atoms with E-state index in [1.807, 2.05) is 0 Å². The predicted molar refractivity (Wildman–Crippen MR) is 103 cm³/mol. The van der Waals surface area contributed by atoms with Gasteiger partial charge in [-0.15, -0.1) is 0 Å². The molecule has 1 saturated carbocycles. The first-order valence-corrected chi connectivity index (χ1v) is 9.34. The highest BCUT2D eigenvalue weighted by atomic mass is 16.5. The molecule has 0 amide bonds. The first kappa shape index (κ1) is 18.7. The van der Waals surface area contributed by atoms with E-state index in [2.05, 4.69) is 62.4 Å². The van der Waals surface area contributed by atoms with Crippen LogP contribution < -0.4 is 0 Å². The fourth-order valence-electron chi connectivity index (χ4n) is 3.95. The van der Waals surface area contributed by atoms with Gasteiger partial charge in [-0.25, -0.2) is 0 Å². The molecular formula is C23H28O3. The predicted octanol–water partition coefficient (Wildman–Crippen LogP) is 4.77. The van der Waals surface area contributed by atoms with Crippen LogP contribution in [0, 0.1) is 19.3 Å². The molecule has 2 aromatic carbocycles. The minimum absolute atomic E-state index is 0.113. The van der Waals surface area contributed by atoms with Crippen LogP contribution in [-0.2, 0) is 27.3 Å². The van der Waals surface area contributed by atoms with E-state index in [-0.39, 0.29) is 12.1 Å². The fourth-order valence-corrected chi connectivity index (χ4v) is 3.95. The van der Waals surface area contributed by atoms with E-state index >= 15 is 0 Å². The van der Waals surface area contributed by atoms with E-state index in [4.69, 9.17) is 9.47 Å². The Morgan fingerprint density at radius 1 is 1.00 bits per heavy atom. The maximum Gasteiger partial charge on any atom is 0.314 e. The van der Waals surface area contributed by atoms with E-state index in [0.29, 0.717) is 13.0 Å². The van der Waals surface area contributed by atoms with Crippen molar-refractivity contribution in [1.29, 1.82) is 0 Å². The van der Waals surface area contributed by atoms with E-state index in [1.165, 1.54) is 18.2 Å². The van der Waals surface area contributed by atoms with Gasteiger partial charge in [-0.3, -0.25) is 4.79 Å². The Hall–Kier alpha value is -2.13. The second-order valence-electron chi connectivity index (χ2n) is 7.49. The van der Waals surface area contributed by atoms with Crippen molar-refractivity contribution in [3.63, 3.8) is 0 Å². The van der Waals surface area contributed by atoms with Crippen molar-refractivity contribution in [2.24, 2.45) is 5.41 Å². The molecule has 138 valence electrons. The normalized spacial score (nSPS) is 22.3. The zero-order valence-electron chi connectivity index (χ0n) is 16.0. The van der Waals surface area contributed by atoms with Crippen molar-refractivity contribution >= 4 is 5.97 Å². The van der Waals surface area contributed by atoms with Crippen LogP contribution in [0.25, 0.3) is 0 Å². The van der Waals surface area contributed by atoms with Crippen molar-refractivity contribution < 1.29 is 14.3 Å². The van der Waals surface area contributed by atoms with Gasteiger partial charge in [0.05, 0.1) is 25.2 Å².